The van der Waals surface area contributed by atoms with Gasteiger partial charge >= 0.3 is 0 Å². The topological polar surface area (TPSA) is 53.6 Å². The lowest BCUT2D eigenvalue weighted by molar-refractivity contribution is 0.500. The Morgan fingerprint density at radius 1 is 0.962 bits per heavy atom. The molecule has 0 atom stereocenters. The van der Waals surface area contributed by atoms with Gasteiger partial charge in [-0.3, -0.25) is 0 Å². The second-order valence-electron chi connectivity index (χ2n) is 6.01. The summed E-state index contributed by atoms with van der Waals surface area (Å²) in [6.45, 7) is 0.171. The monoisotopic (exact) mass is 350 g/mol. The van der Waals surface area contributed by atoms with Crippen LogP contribution >= 0.6 is 0 Å². The maximum absolute atomic E-state index is 13.7. The van der Waals surface area contributed by atoms with Crippen LogP contribution < -0.4 is 5.32 Å². The van der Waals surface area contributed by atoms with Crippen molar-refractivity contribution < 1.29 is 8.78 Å². The molecule has 0 aliphatic carbocycles. The van der Waals surface area contributed by atoms with Crippen molar-refractivity contribution >= 4 is 16.9 Å². The van der Waals surface area contributed by atoms with E-state index >= 15 is 0 Å². The van der Waals surface area contributed by atoms with E-state index in [9.17, 15) is 8.78 Å². The number of halogens is 2. The highest BCUT2D eigenvalue weighted by Crippen LogP contribution is 2.20. The molecule has 0 aliphatic heterocycles. The van der Waals surface area contributed by atoms with Gasteiger partial charge in [0.2, 0.25) is 0 Å². The van der Waals surface area contributed by atoms with Crippen molar-refractivity contribution in [2.75, 3.05) is 5.32 Å². The Balaban J connectivity index is 1.44. The first-order chi connectivity index (χ1) is 12.7. The number of H-pyrrole nitrogens is 1. The standard InChI is InChI=1S/C20H16F2N4/c21-17-5-1-3-14(19(17)22)11-25-18-7-6-13(10-24-18)9-15-12-26-20-16(15)4-2-8-23-20/h1-8,10,12H,9,11H2,(H,23,26)(H,24,25). The number of anilines is 1. The number of hydrogen-bond donors (Lipinski definition) is 2. The maximum Gasteiger partial charge on any atom is 0.163 e. The van der Waals surface area contributed by atoms with Crippen LogP contribution in [0.25, 0.3) is 11.0 Å². The van der Waals surface area contributed by atoms with Crippen LogP contribution in [0.1, 0.15) is 16.7 Å². The summed E-state index contributed by atoms with van der Waals surface area (Å²) in [5.41, 5.74) is 3.34. The molecule has 2 N–H and O–H groups in total. The third-order valence-corrected chi connectivity index (χ3v) is 4.25. The molecule has 0 saturated carbocycles. The van der Waals surface area contributed by atoms with Crippen molar-refractivity contribution in [3.05, 3.63) is 89.4 Å². The first-order valence-electron chi connectivity index (χ1n) is 8.23. The average Bonchev–Trinajstić information content (AvgIpc) is 3.07. The third kappa shape index (κ3) is 3.26. The van der Waals surface area contributed by atoms with Gasteiger partial charge in [0, 0.05) is 42.5 Å². The van der Waals surface area contributed by atoms with E-state index in [1.54, 1.807) is 18.5 Å². The van der Waals surface area contributed by atoms with Crippen molar-refractivity contribution in [3.8, 4) is 0 Å². The van der Waals surface area contributed by atoms with Crippen LogP contribution in [0.4, 0.5) is 14.6 Å². The number of aromatic nitrogens is 3. The highest BCUT2D eigenvalue weighted by molar-refractivity contribution is 5.79. The number of nitrogens with zero attached hydrogens (tertiary/aromatic N) is 2. The van der Waals surface area contributed by atoms with E-state index < -0.39 is 11.6 Å². The highest BCUT2D eigenvalue weighted by atomic mass is 19.2. The van der Waals surface area contributed by atoms with E-state index in [2.05, 4.69) is 20.3 Å². The van der Waals surface area contributed by atoms with Crippen LogP contribution in [-0.4, -0.2) is 15.0 Å². The second-order valence-corrected chi connectivity index (χ2v) is 6.01. The minimum absolute atomic E-state index is 0.171. The van der Waals surface area contributed by atoms with Gasteiger partial charge in [0.25, 0.3) is 0 Å². The average molecular weight is 350 g/mol. The Hall–Kier alpha value is -3.28. The summed E-state index contributed by atoms with van der Waals surface area (Å²) < 4.78 is 26.9. The number of rotatable bonds is 5. The summed E-state index contributed by atoms with van der Waals surface area (Å²) in [7, 11) is 0. The predicted octanol–water partition coefficient (Wildman–Crippen LogP) is 4.44. The lowest BCUT2D eigenvalue weighted by atomic mass is 10.1. The number of pyridine rings is 2. The van der Waals surface area contributed by atoms with Gasteiger partial charge in [0.15, 0.2) is 11.6 Å². The molecule has 4 aromatic rings. The molecule has 0 unspecified atom stereocenters. The van der Waals surface area contributed by atoms with E-state index in [4.69, 9.17) is 0 Å². The largest absolute Gasteiger partial charge is 0.366 e. The Labute approximate surface area is 148 Å². The molecule has 3 heterocycles. The van der Waals surface area contributed by atoms with E-state index in [0.29, 0.717) is 5.82 Å². The maximum atomic E-state index is 13.7. The Bertz CT molecular complexity index is 1040. The van der Waals surface area contributed by atoms with E-state index in [-0.39, 0.29) is 12.1 Å². The van der Waals surface area contributed by atoms with Gasteiger partial charge < -0.3 is 10.3 Å². The zero-order valence-electron chi connectivity index (χ0n) is 13.8. The molecule has 4 rings (SSSR count). The molecule has 0 amide bonds. The summed E-state index contributed by atoms with van der Waals surface area (Å²) in [6, 6.07) is 11.9. The lowest BCUT2D eigenvalue weighted by Gasteiger charge is -2.08. The molecule has 0 fully saturated rings. The van der Waals surface area contributed by atoms with Crippen molar-refractivity contribution in [1.82, 2.24) is 15.0 Å². The summed E-state index contributed by atoms with van der Waals surface area (Å²) in [6.07, 6.45) is 6.22. The van der Waals surface area contributed by atoms with Crippen molar-refractivity contribution in [1.29, 1.82) is 0 Å². The minimum atomic E-state index is -0.846. The molecule has 0 radical (unpaired) electrons. The molecule has 0 spiro atoms. The zero-order valence-corrected chi connectivity index (χ0v) is 13.8. The van der Waals surface area contributed by atoms with Crippen LogP contribution in [0.15, 0.2) is 61.1 Å². The summed E-state index contributed by atoms with van der Waals surface area (Å²) in [5, 5.41) is 4.10. The normalized spacial score (nSPS) is 11.0. The van der Waals surface area contributed by atoms with Crippen molar-refractivity contribution in [2.24, 2.45) is 0 Å². The summed E-state index contributed by atoms with van der Waals surface area (Å²) in [5.74, 6) is -1.07. The quantitative estimate of drug-likeness (QED) is 0.559. The van der Waals surface area contributed by atoms with Gasteiger partial charge in [-0.15, -0.1) is 0 Å². The highest BCUT2D eigenvalue weighted by Gasteiger charge is 2.08. The van der Waals surface area contributed by atoms with Crippen LogP contribution in [0, 0.1) is 11.6 Å². The minimum Gasteiger partial charge on any atom is -0.366 e. The van der Waals surface area contributed by atoms with E-state index in [1.807, 2.05) is 30.5 Å². The molecule has 3 aromatic heterocycles. The fraction of sp³-hybridized carbons (Fsp3) is 0.100. The Morgan fingerprint density at radius 2 is 1.88 bits per heavy atom. The predicted molar refractivity (Wildman–Crippen MR) is 96.8 cm³/mol. The SMILES string of the molecule is Fc1cccc(CNc2ccc(Cc3c[nH]c4ncccc34)cn2)c1F. The Kier molecular flexibility index (Phi) is 4.31. The number of nitrogens with one attached hydrogen (secondary N) is 2. The molecule has 130 valence electrons. The molecule has 0 saturated heterocycles. The Morgan fingerprint density at radius 3 is 2.73 bits per heavy atom. The summed E-state index contributed by atoms with van der Waals surface area (Å²) >= 11 is 0. The van der Waals surface area contributed by atoms with Crippen molar-refractivity contribution in [2.45, 2.75) is 13.0 Å². The first-order valence-corrected chi connectivity index (χ1v) is 8.23. The van der Waals surface area contributed by atoms with Crippen LogP contribution in [0.2, 0.25) is 0 Å². The van der Waals surface area contributed by atoms with Gasteiger partial charge in [-0.2, -0.15) is 0 Å². The van der Waals surface area contributed by atoms with Gasteiger partial charge in [-0.1, -0.05) is 18.2 Å². The number of benzene rings is 1. The van der Waals surface area contributed by atoms with E-state index in [1.165, 1.54) is 6.07 Å². The first kappa shape index (κ1) is 16.2. The second kappa shape index (κ2) is 6.92. The van der Waals surface area contributed by atoms with Gasteiger partial charge in [-0.05, 0) is 35.4 Å². The van der Waals surface area contributed by atoms with Gasteiger partial charge in [-0.25, -0.2) is 18.7 Å². The fourth-order valence-corrected chi connectivity index (χ4v) is 2.88. The molecular formula is C20H16F2N4. The molecular weight excluding hydrogens is 334 g/mol. The molecule has 26 heavy (non-hydrogen) atoms. The molecule has 0 aliphatic rings. The number of fused-ring (bicyclic) bond motifs is 1. The number of hydrogen-bond acceptors (Lipinski definition) is 3. The molecule has 1 aromatic carbocycles. The van der Waals surface area contributed by atoms with Crippen LogP contribution in [0.3, 0.4) is 0 Å². The third-order valence-electron chi connectivity index (χ3n) is 4.25. The van der Waals surface area contributed by atoms with Crippen molar-refractivity contribution in [3.63, 3.8) is 0 Å². The smallest absolute Gasteiger partial charge is 0.163 e. The molecule has 4 nitrogen and oxygen atoms in total. The van der Waals surface area contributed by atoms with Gasteiger partial charge in [0.05, 0.1) is 0 Å². The number of aromatic amines is 1. The van der Waals surface area contributed by atoms with Crippen LogP contribution in [-0.2, 0) is 13.0 Å². The zero-order chi connectivity index (χ0) is 17.9. The lowest BCUT2D eigenvalue weighted by Crippen LogP contribution is -2.04. The molecule has 6 heteroatoms. The van der Waals surface area contributed by atoms with Crippen LogP contribution in [0.5, 0.6) is 0 Å². The summed E-state index contributed by atoms with van der Waals surface area (Å²) in [4.78, 5) is 11.8. The van der Waals surface area contributed by atoms with Gasteiger partial charge in [0.1, 0.15) is 11.5 Å². The van der Waals surface area contributed by atoms with E-state index in [0.717, 1.165) is 34.6 Å². The molecule has 0 bridgehead atoms. The fourth-order valence-electron chi connectivity index (χ4n) is 2.88.